The van der Waals surface area contributed by atoms with Gasteiger partial charge in [-0.1, -0.05) is 0 Å². The molecule has 0 aliphatic carbocycles. The summed E-state index contributed by atoms with van der Waals surface area (Å²) in [6.45, 7) is 3.31. The van der Waals surface area contributed by atoms with Crippen molar-refractivity contribution in [2.45, 2.75) is 13.8 Å². The van der Waals surface area contributed by atoms with E-state index in [0.29, 0.717) is 10.0 Å². The van der Waals surface area contributed by atoms with Crippen LogP contribution in [0.4, 0.5) is 10.0 Å². The van der Waals surface area contributed by atoms with E-state index in [1.54, 1.807) is 13.8 Å². The average Bonchev–Trinajstić information content (AvgIpc) is 2.89. The molecule has 0 radical (unpaired) electrons. The SMILES string of the molecule is Cc1nc(/C=C/c2nc(C)sc2[N+](=O)[O-])c([N+](=O)[O-])s1. The molecule has 0 aliphatic heterocycles. The van der Waals surface area contributed by atoms with Gasteiger partial charge in [0.1, 0.15) is 0 Å². The van der Waals surface area contributed by atoms with E-state index in [0.717, 1.165) is 22.7 Å². The summed E-state index contributed by atoms with van der Waals surface area (Å²) in [4.78, 5) is 28.7. The monoisotopic (exact) mass is 312 g/mol. The number of nitrogens with zero attached hydrogens (tertiary/aromatic N) is 4. The van der Waals surface area contributed by atoms with Gasteiger partial charge in [0.25, 0.3) is 0 Å². The van der Waals surface area contributed by atoms with Crippen molar-refractivity contribution in [2.75, 3.05) is 0 Å². The van der Waals surface area contributed by atoms with E-state index in [9.17, 15) is 20.2 Å². The number of hydrogen-bond donors (Lipinski definition) is 0. The van der Waals surface area contributed by atoms with Gasteiger partial charge in [0.05, 0.1) is 19.9 Å². The van der Waals surface area contributed by atoms with Gasteiger partial charge in [0, 0.05) is 0 Å². The molecular formula is C10H8N4O4S2. The second kappa shape index (κ2) is 5.43. The van der Waals surface area contributed by atoms with Crippen LogP contribution in [-0.4, -0.2) is 19.8 Å². The Kier molecular flexibility index (Phi) is 3.86. The van der Waals surface area contributed by atoms with Gasteiger partial charge in [-0.25, -0.2) is 9.97 Å². The molecule has 0 unspecified atom stereocenters. The molecule has 10 heteroatoms. The molecule has 0 saturated heterocycles. The normalized spacial score (nSPS) is 11.1. The Morgan fingerprint density at radius 2 is 1.25 bits per heavy atom. The smallest absolute Gasteiger partial charge is 0.257 e. The van der Waals surface area contributed by atoms with Gasteiger partial charge in [0.15, 0.2) is 11.4 Å². The molecule has 0 atom stereocenters. The van der Waals surface area contributed by atoms with Gasteiger partial charge in [-0.3, -0.25) is 20.2 Å². The van der Waals surface area contributed by atoms with Gasteiger partial charge < -0.3 is 0 Å². The maximum Gasteiger partial charge on any atom is 0.351 e. The number of hydrogen-bond acceptors (Lipinski definition) is 8. The van der Waals surface area contributed by atoms with Crippen LogP contribution in [0.25, 0.3) is 12.2 Å². The summed E-state index contributed by atoms with van der Waals surface area (Å²) in [5.41, 5.74) is 0.356. The first-order valence-electron chi connectivity index (χ1n) is 5.30. The van der Waals surface area contributed by atoms with Crippen LogP contribution in [-0.2, 0) is 0 Å². The van der Waals surface area contributed by atoms with Crippen molar-refractivity contribution in [2.24, 2.45) is 0 Å². The maximum absolute atomic E-state index is 10.8. The fraction of sp³-hybridized carbons (Fsp3) is 0.200. The Balaban J connectivity index is 2.39. The summed E-state index contributed by atoms with van der Waals surface area (Å²) in [5.74, 6) is 0. The molecule has 0 N–H and O–H groups in total. The lowest BCUT2D eigenvalue weighted by Crippen LogP contribution is -1.88. The average molecular weight is 312 g/mol. The van der Waals surface area contributed by atoms with E-state index in [1.165, 1.54) is 12.2 Å². The molecule has 0 aromatic carbocycles. The number of nitro groups is 2. The third kappa shape index (κ3) is 2.86. The lowest BCUT2D eigenvalue weighted by Gasteiger charge is -1.88. The second-order valence-electron chi connectivity index (χ2n) is 3.69. The molecule has 2 heterocycles. The van der Waals surface area contributed by atoms with E-state index in [-0.39, 0.29) is 21.4 Å². The van der Waals surface area contributed by atoms with Gasteiger partial charge in [-0.05, 0) is 48.7 Å². The first-order valence-corrected chi connectivity index (χ1v) is 6.93. The van der Waals surface area contributed by atoms with Gasteiger partial charge in [-0.2, -0.15) is 0 Å². The number of aromatic nitrogens is 2. The van der Waals surface area contributed by atoms with Gasteiger partial charge in [0.2, 0.25) is 0 Å². The summed E-state index contributed by atoms with van der Waals surface area (Å²) in [6.07, 6.45) is 2.76. The topological polar surface area (TPSA) is 112 Å². The summed E-state index contributed by atoms with van der Waals surface area (Å²) >= 11 is 1.92. The molecule has 20 heavy (non-hydrogen) atoms. The molecule has 0 saturated carbocycles. The standard InChI is InChI=1S/C10H8N4O4S2/c1-5-11-7(9(19-5)13(15)16)3-4-8-10(14(17)18)20-6(2)12-8/h3-4H,1-2H3/b4-3+. The molecular weight excluding hydrogens is 304 g/mol. The zero-order valence-electron chi connectivity index (χ0n) is 10.4. The minimum absolute atomic E-state index is 0.0895. The summed E-state index contributed by atoms with van der Waals surface area (Å²) in [6, 6.07) is 0. The van der Waals surface area contributed by atoms with Gasteiger partial charge in [-0.15, -0.1) is 0 Å². The van der Waals surface area contributed by atoms with Crippen molar-refractivity contribution >= 4 is 44.8 Å². The highest BCUT2D eigenvalue weighted by Crippen LogP contribution is 2.31. The fourth-order valence-corrected chi connectivity index (χ4v) is 2.93. The van der Waals surface area contributed by atoms with Crippen LogP contribution in [0.15, 0.2) is 0 Å². The third-order valence-corrected chi connectivity index (χ3v) is 4.09. The number of aryl methyl sites for hydroxylation is 2. The zero-order chi connectivity index (χ0) is 14.9. The molecule has 2 rings (SSSR count). The zero-order valence-corrected chi connectivity index (χ0v) is 12.0. The molecule has 0 amide bonds. The quantitative estimate of drug-likeness (QED) is 0.633. The van der Waals surface area contributed by atoms with Crippen molar-refractivity contribution in [1.82, 2.24) is 9.97 Å². The molecule has 0 aliphatic rings. The second-order valence-corrected chi connectivity index (χ2v) is 6.06. The van der Waals surface area contributed by atoms with Crippen molar-refractivity contribution < 1.29 is 9.85 Å². The van der Waals surface area contributed by atoms with E-state index in [1.807, 2.05) is 0 Å². The highest BCUT2D eigenvalue weighted by Gasteiger charge is 2.20. The van der Waals surface area contributed by atoms with Crippen LogP contribution in [0.5, 0.6) is 0 Å². The lowest BCUT2D eigenvalue weighted by molar-refractivity contribution is -0.380. The molecule has 0 spiro atoms. The summed E-state index contributed by atoms with van der Waals surface area (Å²) in [7, 11) is 0. The minimum atomic E-state index is -0.523. The Hall–Kier alpha value is -2.20. The van der Waals surface area contributed by atoms with Crippen molar-refractivity contribution in [1.29, 1.82) is 0 Å². The molecule has 0 bridgehead atoms. The Morgan fingerprint density at radius 3 is 1.55 bits per heavy atom. The fourth-order valence-electron chi connectivity index (χ4n) is 1.50. The van der Waals surface area contributed by atoms with Crippen molar-refractivity contribution in [3.63, 3.8) is 0 Å². The Morgan fingerprint density at radius 1 is 0.900 bits per heavy atom. The van der Waals surface area contributed by atoms with E-state index >= 15 is 0 Å². The molecule has 104 valence electrons. The Labute approximate surface area is 120 Å². The van der Waals surface area contributed by atoms with E-state index in [2.05, 4.69) is 9.97 Å². The maximum atomic E-state index is 10.8. The summed E-state index contributed by atoms with van der Waals surface area (Å²) < 4.78 is 0. The van der Waals surface area contributed by atoms with Crippen LogP contribution in [0.1, 0.15) is 21.4 Å². The molecule has 2 aromatic heterocycles. The third-order valence-electron chi connectivity index (χ3n) is 2.21. The predicted octanol–water partition coefficient (Wildman–Crippen LogP) is 3.20. The van der Waals surface area contributed by atoms with Crippen molar-refractivity contribution in [3.05, 3.63) is 41.6 Å². The van der Waals surface area contributed by atoms with Crippen LogP contribution >= 0.6 is 22.7 Å². The molecule has 8 nitrogen and oxygen atoms in total. The number of thiazole rings is 2. The van der Waals surface area contributed by atoms with E-state index in [4.69, 9.17) is 0 Å². The first kappa shape index (κ1) is 14.2. The van der Waals surface area contributed by atoms with Crippen LogP contribution in [0, 0.1) is 34.1 Å². The number of rotatable bonds is 4. The van der Waals surface area contributed by atoms with Crippen molar-refractivity contribution in [3.8, 4) is 0 Å². The van der Waals surface area contributed by atoms with Crippen LogP contribution < -0.4 is 0 Å². The largest absolute Gasteiger partial charge is 0.351 e. The molecule has 2 aromatic rings. The lowest BCUT2D eigenvalue weighted by atomic mass is 10.3. The van der Waals surface area contributed by atoms with E-state index < -0.39 is 9.85 Å². The highest BCUT2D eigenvalue weighted by atomic mass is 32.1. The highest BCUT2D eigenvalue weighted by molar-refractivity contribution is 7.15. The Bertz CT molecular complexity index is 659. The summed E-state index contributed by atoms with van der Waals surface area (Å²) in [5, 5.41) is 22.6. The first-order chi connectivity index (χ1) is 9.38. The van der Waals surface area contributed by atoms with Crippen LogP contribution in [0.2, 0.25) is 0 Å². The van der Waals surface area contributed by atoms with Gasteiger partial charge >= 0.3 is 10.0 Å². The minimum Gasteiger partial charge on any atom is -0.257 e. The predicted molar refractivity (Wildman–Crippen MR) is 75.9 cm³/mol. The van der Waals surface area contributed by atoms with Crippen LogP contribution in [0.3, 0.4) is 0 Å². The molecule has 0 fully saturated rings.